The van der Waals surface area contributed by atoms with Crippen LogP contribution in [0.4, 0.5) is 0 Å². The van der Waals surface area contributed by atoms with Crippen molar-refractivity contribution in [1.82, 2.24) is 10.2 Å². The van der Waals surface area contributed by atoms with Crippen LogP contribution in [0, 0.1) is 5.92 Å². The Morgan fingerprint density at radius 3 is 3.00 bits per heavy atom. The Balaban J connectivity index is 1.91. The van der Waals surface area contributed by atoms with Gasteiger partial charge >= 0.3 is 0 Å². The van der Waals surface area contributed by atoms with Gasteiger partial charge in [0.25, 0.3) is 0 Å². The van der Waals surface area contributed by atoms with Crippen molar-refractivity contribution in [1.29, 1.82) is 0 Å². The number of thiophene rings is 1. The summed E-state index contributed by atoms with van der Waals surface area (Å²) < 4.78 is 1.12. The van der Waals surface area contributed by atoms with E-state index >= 15 is 0 Å². The molecule has 0 aliphatic carbocycles. The van der Waals surface area contributed by atoms with Crippen LogP contribution in [-0.4, -0.2) is 30.4 Å². The zero-order valence-corrected chi connectivity index (χ0v) is 13.2. The molecule has 3 nitrogen and oxygen atoms in total. The van der Waals surface area contributed by atoms with E-state index < -0.39 is 0 Å². The van der Waals surface area contributed by atoms with Gasteiger partial charge in [0.2, 0.25) is 5.91 Å². The number of rotatable bonds is 3. The van der Waals surface area contributed by atoms with Crippen molar-refractivity contribution in [2.45, 2.75) is 32.4 Å². The fourth-order valence-electron chi connectivity index (χ4n) is 2.42. The maximum atomic E-state index is 12.3. The fourth-order valence-corrected chi connectivity index (χ4v) is 3.95. The van der Waals surface area contributed by atoms with Crippen molar-refractivity contribution in [2.75, 3.05) is 13.6 Å². The van der Waals surface area contributed by atoms with E-state index in [9.17, 15) is 4.79 Å². The van der Waals surface area contributed by atoms with Crippen molar-refractivity contribution in [3.8, 4) is 0 Å². The lowest BCUT2D eigenvalue weighted by atomic mass is 9.92. The molecule has 1 aliphatic rings. The van der Waals surface area contributed by atoms with E-state index in [4.69, 9.17) is 0 Å². The van der Waals surface area contributed by atoms with Gasteiger partial charge < -0.3 is 10.2 Å². The van der Waals surface area contributed by atoms with Crippen LogP contribution in [0.1, 0.15) is 24.6 Å². The summed E-state index contributed by atoms with van der Waals surface area (Å²) in [4.78, 5) is 15.4. The maximum absolute atomic E-state index is 12.3. The molecule has 1 amide bonds. The second-order valence-electron chi connectivity index (χ2n) is 4.98. The van der Waals surface area contributed by atoms with Crippen LogP contribution in [0.5, 0.6) is 0 Å². The summed E-state index contributed by atoms with van der Waals surface area (Å²) in [5.41, 5.74) is 0. The molecule has 2 atom stereocenters. The molecule has 1 N–H and O–H groups in total. The SMILES string of the molecule is C[C@H]1C[C@@H](C(=O)N(C)Cc2ccc(Br)s2)CCN1. The van der Waals surface area contributed by atoms with Gasteiger partial charge in [0.1, 0.15) is 0 Å². The lowest BCUT2D eigenvalue weighted by Crippen LogP contribution is -2.42. The molecule has 5 heteroatoms. The van der Waals surface area contributed by atoms with E-state index in [0.717, 1.165) is 23.2 Å². The number of carbonyl (C=O) groups excluding carboxylic acids is 1. The predicted molar refractivity (Wildman–Crippen MR) is 78.7 cm³/mol. The first-order chi connectivity index (χ1) is 8.56. The van der Waals surface area contributed by atoms with Gasteiger partial charge in [0.05, 0.1) is 10.3 Å². The number of piperidine rings is 1. The van der Waals surface area contributed by atoms with Crippen LogP contribution in [0.15, 0.2) is 15.9 Å². The van der Waals surface area contributed by atoms with Crippen LogP contribution in [0.2, 0.25) is 0 Å². The molecule has 1 fully saturated rings. The molecule has 0 radical (unpaired) electrons. The number of hydrogen-bond acceptors (Lipinski definition) is 3. The molecule has 0 unspecified atom stereocenters. The highest BCUT2D eigenvalue weighted by Gasteiger charge is 2.27. The van der Waals surface area contributed by atoms with E-state index in [-0.39, 0.29) is 11.8 Å². The third kappa shape index (κ3) is 3.56. The zero-order valence-electron chi connectivity index (χ0n) is 10.8. The van der Waals surface area contributed by atoms with Crippen LogP contribution in [-0.2, 0) is 11.3 Å². The molecular formula is C13H19BrN2OS. The summed E-state index contributed by atoms with van der Waals surface area (Å²) in [6, 6.07) is 4.56. The van der Waals surface area contributed by atoms with Gasteiger partial charge in [0.15, 0.2) is 0 Å². The van der Waals surface area contributed by atoms with Crippen molar-refractivity contribution in [2.24, 2.45) is 5.92 Å². The number of nitrogens with one attached hydrogen (secondary N) is 1. The molecule has 1 saturated heterocycles. The van der Waals surface area contributed by atoms with Crippen molar-refractivity contribution >= 4 is 33.2 Å². The fraction of sp³-hybridized carbons (Fsp3) is 0.615. The lowest BCUT2D eigenvalue weighted by Gasteiger charge is -2.30. The minimum Gasteiger partial charge on any atom is -0.340 e. The second-order valence-corrected chi connectivity index (χ2v) is 7.52. The third-order valence-corrected chi connectivity index (χ3v) is 4.98. The highest BCUT2D eigenvalue weighted by molar-refractivity contribution is 9.11. The molecule has 100 valence electrons. The van der Waals surface area contributed by atoms with Crippen LogP contribution in [0.3, 0.4) is 0 Å². The number of carbonyl (C=O) groups is 1. The van der Waals surface area contributed by atoms with Gasteiger partial charge in [-0.15, -0.1) is 11.3 Å². The normalized spacial score (nSPS) is 23.9. The van der Waals surface area contributed by atoms with E-state index in [0.29, 0.717) is 12.6 Å². The van der Waals surface area contributed by atoms with Gasteiger partial charge in [-0.1, -0.05) is 0 Å². The number of amides is 1. The maximum Gasteiger partial charge on any atom is 0.225 e. The summed E-state index contributed by atoms with van der Waals surface area (Å²) in [7, 11) is 1.91. The number of nitrogens with zero attached hydrogens (tertiary/aromatic N) is 1. The smallest absolute Gasteiger partial charge is 0.225 e. The largest absolute Gasteiger partial charge is 0.340 e. The zero-order chi connectivity index (χ0) is 13.1. The molecular weight excluding hydrogens is 312 g/mol. The molecule has 1 aliphatic heterocycles. The first-order valence-electron chi connectivity index (χ1n) is 6.29. The predicted octanol–water partition coefficient (Wildman–Crippen LogP) is 2.86. The molecule has 0 spiro atoms. The molecule has 1 aromatic heterocycles. The van der Waals surface area contributed by atoms with E-state index in [2.05, 4.69) is 34.2 Å². The summed E-state index contributed by atoms with van der Waals surface area (Å²) in [6.45, 7) is 3.82. The molecule has 0 aromatic carbocycles. The van der Waals surface area contributed by atoms with Crippen LogP contribution in [0.25, 0.3) is 0 Å². The number of hydrogen-bond donors (Lipinski definition) is 1. The highest BCUT2D eigenvalue weighted by atomic mass is 79.9. The minimum absolute atomic E-state index is 0.189. The first-order valence-corrected chi connectivity index (χ1v) is 7.90. The Bertz CT molecular complexity index is 421. The molecule has 0 saturated carbocycles. The second kappa shape index (κ2) is 6.17. The Morgan fingerprint density at radius 2 is 2.39 bits per heavy atom. The van der Waals surface area contributed by atoms with Crippen molar-refractivity contribution in [3.05, 3.63) is 20.8 Å². The summed E-state index contributed by atoms with van der Waals surface area (Å²) in [5, 5.41) is 3.38. The third-order valence-electron chi connectivity index (χ3n) is 3.37. The standard InChI is InChI=1S/C13H19BrN2OS/c1-9-7-10(5-6-15-9)13(17)16(2)8-11-3-4-12(14)18-11/h3-4,9-10,15H,5-8H2,1-2H3/t9-,10-/m0/s1. The molecule has 1 aromatic rings. The van der Waals surface area contributed by atoms with E-state index in [1.165, 1.54) is 4.88 Å². The monoisotopic (exact) mass is 330 g/mol. The van der Waals surface area contributed by atoms with Crippen molar-refractivity contribution in [3.63, 3.8) is 0 Å². The van der Waals surface area contributed by atoms with Gasteiger partial charge in [0, 0.05) is 23.9 Å². The van der Waals surface area contributed by atoms with E-state index in [1.54, 1.807) is 11.3 Å². The number of halogens is 1. The average molecular weight is 331 g/mol. The van der Waals surface area contributed by atoms with Crippen molar-refractivity contribution < 1.29 is 4.79 Å². The first kappa shape index (κ1) is 14.0. The topological polar surface area (TPSA) is 32.3 Å². The van der Waals surface area contributed by atoms with E-state index in [1.807, 2.05) is 18.0 Å². The Hall–Kier alpha value is -0.390. The summed E-state index contributed by atoms with van der Waals surface area (Å²) >= 11 is 5.14. The molecule has 0 bridgehead atoms. The van der Waals surface area contributed by atoms with Gasteiger partial charge in [-0.05, 0) is 54.4 Å². The summed E-state index contributed by atoms with van der Waals surface area (Å²) in [5.74, 6) is 0.475. The minimum atomic E-state index is 0.189. The van der Waals surface area contributed by atoms with Crippen LogP contribution >= 0.6 is 27.3 Å². The Kier molecular flexibility index (Phi) is 4.81. The average Bonchev–Trinajstić information content (AvgIpc) is 2.73. The highest BCUT2D eigenvalue weighted by Crippen LogP contribution is 2.24. The summed E-state index contributed by atoms with van der Waals surface area (Å²) in [6.07, 6.45) is 1.92. The molecule has 2 rings (SSSR count). The molecule has 2 heterocycles. The van der Waals surface area contributed by atoms with Gasteiger partial charge in [-0.25, -0.2) is 0 Å². The molecule has 18 heavy (non-hydrogen) atoms. The lowest BCUT2D eigenvalue weighted by molar-refractivity contribution is -0.135. The Labute approximate surface area is 121 Å². The quantitative estimate of drug-likeness (QED) is 0.924. The Morgan fingerprint density at radius 1 is 1.61 bits per heavy atom. The van der Waals surface area contributed by atoms with Gasteiger partial charge in [-0.3, -0.25) is 4.79 Å². The van der Waals surface area contributed by atoms with Crippen LogP contribution < -0.4 is 5.32 Å². The van der Waals surface area contributed by atoms with Gasteiger partial charge in [-0.2, -0.15) is 0 Å².